The van der Waals surface area contributed by atoms with Gasteiger partial charge in [-0.05, 0) is 13.8 Å². The summed E-state index contributed by atoms with van der Waals surface area (Å²) in [6, 6.07) is 0. The van der Waals surface area contributed by atoms with Crippen LogP contribution in [0.3, 0.4) is 0 Å². The van der Waals surface area contributed by atoms with E-state index in [0.717, 1.165) is 24.2 Å². The Kier molecular flexibility index (Phi) is 2.92. The van der Waals surface area contributed by atoms with Gasteiger partial charge in [-0.2, -0.15) is 5.10 Å². The lowest BCUT2D eigenvalue weighted by atomic mass is 10.1. The molecule has 6 nitrogen and oxygen atoms in total. The first-order valence-electron chi connectivity index (χ1n) is 5.70. The maximum absolute atomic E-state index is 11.3. The Labute approximate surface area is 99.8 Å². The van der Waals surface area contributed by atoms with Crippen LogP contribution in [0.25, 0.3) is 0 Å². The van der Waals surface area contributed by atoms with Crippen molar-refractivity contribution in [3.8, 4) is 0 Å². The Bertz CT molecular complexity index is 445. The quantitative estimate of drug-likeness (QED) is 0.655. The summed E-state index contributed by atoms with van der Waals surface area (Å²) in [7, 11) is 0. The molecule has 6 heteroatoms. The van der Waals surface area contributed by atoms with Crippen LogP contribution in [-0.2, 0) is 19.5 Å². The maximum atomic E-state index is 11.3. The summed E-state index contributed by atoms with van der Waals surface area (Å²) >= 11 is 0. The van der Waals surface area contributed by atoms with E-state index >= 15 is 0 Å². The Morgan fingerprint density at radius 3 is 2.94 bits per heavy atom. The van der Waals surface area contributed by atoms with Gasteiger partial charge in [-0.1, -0.05) is 0 Å². The molecule has 0 fully saturated rings. The van der Waals surface area contributed by atoms with Gasteiger partial charge in [-0.25, -0.2) is 0 Å². The zero-order valence-electron chi connectivity index (χ0n) is 10.2. The molecule has 1 aliphatic heterocycles. The lowest BCUT2D eigenvalue weighted by Gasteiger charge is -2.20. The number of hydrogen-bond donors (Lipinski definition) is 3. The molecule has 2 heterocycles. The second kappa shape index (κ2) is 4.12. The summed E-state index contributed by atoms with van der Waals surface area (Å²) < 4.78 is 1.70. The summed E-state index contributed by atoms with van der Waals surface area (Å²) in [4.78, 5) is 11.3. The summed E-state index contributed by atoms with van der Waals surface area (Å²) in [5.41, 5.74) is 6.63. The number of aromatic nitrogens is 2. The van der Waals surface area contributed by atoms with Crippen LogP contribution in [0.5, 0.6) is 0 Å². The molecule has 1 aromatic rings. The van der Waals surface area contributed by atoms with E-state index in [1.807, 2.05) is 0 Å². The van der Waals surface area contributed by atoms with Gasteiger partial charge in [0, 0.05) is 30.8 Å². The molecule has 0 saturated heterocycles. The zero-order chi connectivity index (χ0) is 12.6. The van der Waals surface area contributed by atoms with Crippen LogP contribution in [0.15, 0.2) is 0 Å². The van der Waals surface area contributed by atoms with Crippen LogP contribution in [-0.4, -0.2) is 32.9 Å². The number of carbonyl (C=O) groups is 1. The third kappa shape index (κ3) is 2.48. The summed E-state index contributed by atoms with van der Waals surface area (Å²) in [5.74, 6) is -0.514. The normalized spacial score (nSPS) is 15.7. The molecule has 2 rings (SSSR count). The SMILES string of the molecule is CC(C)(O)Cn1nc(C(N)=O)c2c1CCNC2. The van der Waals surface area contributed by atoms with Gasteiger partial charge in [-0.3, -0.25) is 9.48 Å². The lowest BCUT2D eigenvalue weighted by molar-refractivity contribution is 0.0564. The van der Waals surface area contributed by atoms with E-state index in [9.17, 15) is 9.90 Å². The van der Waals surface area contributed by atoms with Crippen molar-refractivity contribution < 1.29 is 9.90 Å². The van der Waals surface area contributed by atoms with Crippen molar-refractivity contribution in [1.29, 1.82) is 0 Å². The molecule has 0 spiro atoms. The van der Waals surface area contributed by atoms with Crippen molar-refractivity contribution in [3.05, 3.63) is 17.0 Å². The van der Waals surface area contributed by atoms with Crippen LogP contribution in [0.4, 0.5) is 0 Å². The summed E-state index contributed by atoms with van der Waals surface area (Å²) in [6.45, 7) is 5.25. The van der Waals surface area contributed by atoms with Gasteiger partial charge in [0.05, 0.1) is 12.1 Å². The number of rotatable bonds is 3. The third-order valence-electron chi connectivity index (χ3n) is 2.78. The second-order valence-electron chi connectivity index (χ2n) is 5.03. The van der Waals surface area contributed by atoms with Crippen molar-refractivity contribution in [2.75, 3.05) is 6.54 Å². The highest BCUT2D eigenvalue weighted by atomic mass is 16.3. The largest absolute Gasteiger partial charge is 0.389 e. The Hall–Kier alpha value is -1.40. The van der Waals surface area contributed by atoms with Gasteiger partial charge in [0.25, 0.3) is 5.91 Å². The smallest absolute Gasteiger partial charge is 0.269 e. The summed E-state index contributed by atoms with van der Waals surface area (Å²) in [5, 5.41) is 17.2. The lowest BCUT2D eigenvalue weighted by Crippen LogP contribution is -2.30. The Morgan fingerprint density at radius 1 is 1.65 bits per heavy atom. The predicted molar refractivity (Wildman–Crippen MR) is 62.5 cm³/mol. The number of amides is 1. The van der Waals surface area contributed by atoms with Crippen LogP contribution in [0, 0.1) is 0 Å². The first-order chi connectivity index (χ1) is 7.88. The molecule has 0 aliphatic carbocycles. The number of hydrogen-bond acceptors (Lipinski definition) is 4. The molecule has 0 radical (unpaired) electrons. The number of nitrogens with two attached hydrogens (primary N) is 1. The molecule has 0 atom stereocenters. The molecule has 0 unspecified atom stereocenters. The fourth-order valence-electron chi connectivity index (χ4n) is 2.12. The van der Waals surface area contributed by atoms with E-state index in [2.05, 4.69) is 10.4 Å². The predicted octanol–water partition coefficient (Wildman–Crippen LogP) is -0.601. The van der Waals surface area contributed by atoms with Crippen molar-refractivity contribution in [2.45, 2.75) is 39.0 Å². The van der Waals surface area contributed by atoms with E-state index in [1.165, 1.54) is 0 Å². The van der Waals surface area contributed by atoms with E-state index in [-0.39, 0.29) is 0 Å². The van der Waals surface area contributed by atoms with Gasteiger partial charge in [0.15, 0.2) is 5.69 Å². The average molecular weight is 238 g/mol. The topological polar surface area (TPSA) is 93.2 Å². The maximum Gasteiger partial charge on any atom is 0.269 e. The van der Waals surface area contributed by atoms with Crippen molar-refractivity contribution in [1.82, 2.24) is 15.1 Å². The molecule has 0 aromatic carbocycles. The van der Waals surface area contributed by atoms with Gasteiger partial charge in [-0.15, -0.1) is 0 Å². The minimum absolute atomic E-state index is 0.316. The second-order valence-corrected chi connectivity index (χ2v) is 5.03. The molecular formula is C11H18N4O2. The standard InChI is InChI=1S/C11H18N4O2/c1-11(2,17)6-15-8-3-4-13-5-7(8)9(14-15)10(12)16/h13,17H,3-6H2,1-2H3,(H2,12,16). The van der Waals surface area contributed by atoms with Gasteiger partial charge in [0.1, 0.15) is 0 Å². The molecule has 0 bridgehead atoms. The molecule has 94 valence electrons. The minimum Gasteiger partial charge on any atom is -0.389 e. The highest BCUT2D eigenvalue weighted by molar-refractivity contribution is 5.92. The highest BCUT2D eigenvalue weighted by Gasteiger charge is 2.25. The van der Waals surface area contributed by atoms with Crippen molar-refractivity contribution in [3.63, 3.8) is 0 Å². The van der Waals surface area contributed by atoms with Gasteiger partial charge in [0.2, 0.25) is 0 Å². The minimum atomic E-state index is -0.862. The molecule has 1 amide bonds. The van der Waals surface area contributed by atoms with Gasteiger partial charge >= 0.3 is 0 Å². The van der Waals surface area contributed by atoms with Crippen LogP contribution < -0.4 is 11.1 Å². The number of fused-ring (bicyclic) bond motifs is 1. The van der Waals surface area contributed by atoms with Crippen molar-refractivity contribution >= 4 is 5.91 Å². The molecule has 1 aliphatic rings. The van der Waals surface area contributed by atoms with Crippen molar-refractivity contribution in [2.24, 2.45) is 5.73 Å². The number of nitrogens with zero attached hydrogens (tertiary/aromatic N) is 2. The average Bonchev–Trinajstić information content (AvgIpc) is 2.55. The Morgan fingerprint density at radius 2 is 2.35 bits per heavy atom. The fourth-order valence-corrected chi connectivity index (χ4v) is 2.12. The molecular weight excluding hydrogens is 220 g/mol. The number of carbonyl (C=O) groups excluding carboxylic acids is 1. The first kappa shape index (κ1) is 12.1. The monoisotopic (exact) mass is 238 g/mol. The van der Waals surface area contributed by atoms with Gasteiger partial charge < -0.3 is 16.2 Å². The van der Waals surface area contributed by atoms with Crippen LogP contribution in [0.1, 0.15) is 35.6 Å². The third-order valence-corrected chi connectivity index (χ3v) is 2.78. The van der Waals surface area contributed by atoms with Crippen LogP contribution in [0.2, 0.25) is 0 Å². The molecule has 4 N–H and O–H groups in total. The van der Waals surface area contributed by atoms with E-state index in [4.69, 9.17) is 5.73 Å². The molecule has 1 aromatic heterocycles. The molecule has 17 heavy (non-hydrogen) atoms. The number of nitrogens with one attached hydrogen (secondary N) is 1. The van der Waals surface area contributed by atoms with E-state index < -0.39 is 11.5 Å². The molecule has 0 saturated carbocycles. The first-order valence-corrected chi connectivity index (χ1v) is 5.70. The summed E-state index contributed by atoms with van der Waals surface area (Å²) in [6.07, 6.45) is 0.797. The highest BCUT2D eigenvalue weighted by Crippen LogP contribution is 2.20. The van der Waals surface area contributed by atoms with Crippen LogP contribution >= 0.6 is 0 Å². The number of primary amides is 1. The number of aliphatic hydroxyl groups is 1. The fraction of sp³-hybridized carbons (Fsp3) is 0.636. The Balaban J connectivity index is 2.42. The van der Waals surface area contributed by atoms with E-state index in [0.29, 0.717) is 18.8 Å². The van der Waals surface area contributed by atoms with E-state index in [1.54, 1.807) is 18.5 Å². The zero-order valence-corrected chi connectivity index (χ0v) is 10.2.